The molecule has 0 saturated heterocycles. The standard InChI is InChI=1S/C12H23N3O4S/c1-8(10(16)13-2)7-15(3)12(19)14-9(11(17)18)5-6-20-4/h8-9H,5-7H2,1-4H3,(H,13,16)(H,14,19)(H,17,18)/t8?,9-/m0/s1. The van der Waals surface area contributed by atoms with Gasteiger partial charge in [0.05, 0.1) is 5.92 Å². The van der Waals surface area contributed by atoms with E-state index in [0.29, 0.717) is 12.2 Å². The molecule has 2 atom stereocenters. The maximum Gasteiger partial charge on any atom is 0.326 e. The highest BCUT2D eigenvalue weighted by Crippen LogP contribution is 2.03. The molecule has 116 valence electrons. The van der Waals surface area contributed by atoms with Gasteiger partial charge < -0.3 is 20.6 Å². The molecule has 0 saturated carbocycles. The summed E-state index contributed by atoms with van der Waals surface area (Å²) in [6.45, 7) is 1.92. The van der Waals surface area contributed by atoms with Gasteiger partial charge in [0.1, 0.15) is 6.04 Å². The second-order valence-corrected chi connectivity index (χ2v) is 5.50. The summed E-state index contributed by atoms with van der Waals surface area (Å²) in [5.74, 6) is -0.928. The highest BCUT2D eigenvalue weighted by molar-refractivity contribution is 7.98. The van der Waals surface area contributed by atoms with E-state index in [0.717, 1.165) is 0 Å². The molecule has 0 aliphatic rings. The third-order valence-corrected chi connectivity index (χ3v) is 3.44. The smallest absolute Gasteiger partial charge is 0.326 e. The molecule has 0 aromatic rings. The second kappa shape index (κ2) is 9.46. The van der Waals surface area contributed by atoms with Crippen LogP contribution in [0.5, 0.6) is 0 Å². The molecule has 8 heteroatoms. The van der Waals surface area contributed by atoms with Crippen molar-refractivity contribution >= 4 is 29.7 Å². The van der Waals surface area contributed by atoms with Crippen molar-refractivity contribution in [2.24, 2.45) is 5.92 Å². The largest absolute Gasteiger partial charge is 0.480 e. The number of nitrogens with zero attached hydrogens (tertiary/aromatic N) is 1. The third kappa shape index (κ3) is 6.65. The number of carboxylic acid groups (broad SMARTS) is 1. The van der Waals surface area contributed by atoms with Gasteiger partial charge in [-0.2, -0.15) is 11.8 Å². The van der Waals surface area contributed by atoms with Crippen LogP contribution in [0.15, 0.2) is 0 Å². The van der Waals surface area contributed by atoms with Crippen molar-refractivity contribution in [1.29, 1.82) is 0 Å². The van der Waals surface area contributed by atoms with Gasteiger partial charge >= 0.3 is 12.0 Å². The first-order chi connectivity index (χ1) is 9.33. The Labute approximate surface area is 123 Å². The van der Waals surface area contributed by atoms with Gasteiger partial charge in [0.2, 0.25) is 5.91 Å². The van der Waals surface area contributed by atoms with Gasteiger partial charge in [-0.25, -0.2) is 9.59 Å². The fraction of sp³-hybridized carbons (Fsp3) is 0.750. The molecule has 0 rings (SSSR count). The van der Waals surface area contributed by atoms with E-state index in [1.165, 1.54) is 30.8 Å². The first-order valence-corrected chi connectivity index (χ1v) is 7.67. The summed E-state index contributed by atoms with van der Waals surface area (Å²) in [5, 5.41) is 14.0. The maximum absolute atomic E-state index is 11.9. The number of amides is 3. The molecule has 0 bridgehead atoms. The lowest BCUT2D eigenvalue weighted by Gasteiger charge is -2.23. The number of urea groups is 1. The van der Waals surface area contributed by atoms with E-state index >= 15 is 0 Å². The zero-order valence-corrected chi connectivity index (χ0v) is 13.1. The molecule has 0 radical (unpaired) electrons. The molecule has 0 spiro atoms. The molecule has 7 nitrogen and oxygen atoms in total. The number of carbonyl (C=O) groups is 3. The van der Waals surface area contributed by atoms with Crippen molar-refractivity contribution < 1.29 is 19.5 Å². The molecule has 3 amide bonds. The van der Waals surface area contributed by atoms with Gasteiger partial charge in [0.15, 0.2) is 0 Å². The summed E-state index contributed by atoms with van der Waals surface area (Å²) in [6.07, 6.45) is 2.24. The number of thioether (sulfide) groups is 1. The average Bonchev–Trinajstić information content (AvgIpc) is 2.41. The van der Waals surface area contributed by atoms with Gasteiger partial charge in [0.25, 0.3) is 0 Å². The first kappa shape index (κ1) is 18.6. The topological polar surface area (TPSA) is 98.7 Å². The molecular weight excluding hydrogens is 282 g/mol. The van der Waals surface area contributed by atoms with Crippen LogP contribution in [0.3, 0.4) is 0 Å². The van der Waals surface area contributed by atoms with Crippen molar-refractivity contribution in [1.82, 2.24) is 15.5 Å². The number of hydrogen-bond donors (Lipinski definition) is 3. The predicted octanol–water partition coefficient (Wildman–Crippen LogP) is 0.216. The molecule has 1 unspecified atom stereocenters. The molecule has 20 heavy (non-hydrogen) atoms. The Morgan fingerprint density at radius 2 is 1.95 bits per heavy atom. The Morgan fingerprint density at radius 3 is 2.40 bits per heavy atom. The Bertz CT molecular complexity index is 352. The molecule has 3 N–H and O–H groups in total. The molecule has 0 aromatic carbocycles. The number of carboxylic acids is 1. The van der Waals surface area contributed by atoms with E-state index in [-0.39, 0.29) is 18.4 Å². The fourth-order valence-corrected chi connectivity index (χ4v) is 2.05. The van der Waals surface area contributed by atoms with Crippen molar-refractivity contribution in [3.8, 4) is 0 Å². The van der Waals surface area contributed by atoms with E-state index in [4.69, 9.17) is 5.11 Å². The maximum atomic E-state index is 11.9. The van der Waals surface area contributed by atoms with E-state index in [1.807, 2.05) is 6.26 Å². The Hall–Kier alpha value is -1.44. The van der Waals surface area contributed by atoms with Gasteiger partial charge in [-0.1, -0.05) is 6.92 Å². The third-order valence-electron chi connectivity index (χ3n) is 2.79. The van der Waals surface area contributed by atoms with Crippen molar-refractivity contribution in [3.05, 3.63) is 0 Å². The number of carbonyl (C=O) groups excluding carboxylic acids is 2. The predicted molar refractivity (Wildman–Crippen MR) is 78.8 cm³/mol. The quantitative estimate of drug-likeness (QED) is 0.596. The Morgan fingerprint density at radius 1 is 1.35 bits per heavy atom. The molecule has 0 aromatic heterocycles. The van der Waals surface area contributed by atoms with E-state index in [1.54, 1.807) is 6.92 Å². The van der Waals surface area contributed by atoms with Crippen molar-refractivity contribution in [2.45, 2.75) is 19.4 Å². The van der Waals surface area contributed by atoms with Crippen LogP contribution in [0.2, 0.25) is 0 Å². The highest BCUT2D eigenvalue weighted by Gasteiger charge is 2.23. The van der Waals surface area contributed by atoms with Crippen molar-refractivity contribution in [2.75, 3.05) is 32.6 Å². The second-order valence-electron chi connectivity index (χ2n) is 4.52. The minimum atomic E-state index is -1.06. The van der Waals surface area contributed by atoms with E-state index in [2.05, 4.69) is 10.6 Å². The van der Waals surface area contributed by atoms with Gasteiger partial charge in [-0.3, -0.25) is 4.79 Å². The minimum Gasteiger partial charge on any atom is -0.480 e. The summed E-state index contributed by atoms with van der Waals surface area (Å²) in [5.41, 5.74) is 0. The molecule has 0 heterocycles. The van der Waals surface area contributed by atoms with E-state index < -0.39 is 18.0 Å². The normalized spacial score (nSPS) is 13.2. The summed E-state index contributed by atoms with van der Waals surface area (Å²) in [4.78, 5) is 35.6. The Balaban J connectivity index is 4.41. The highest BCUT2D eigenvalue weighted by atomic mass is 32.2. The molecule has 0 aliphatic carbocycles. The average molecular weight is 305 g/mol. The van der Waals surface area contributed by atoms with Gasteiger partial charge in [0, 0.05) is 20.6 Å². The first-order valence-electron chi connectivity index (χ1n) is 6.28. The van der Waals surface area contributed by atoms with Crippen LogP contribution in [-0.4, -0.2) is 66.6 Å². The monoisotopic (exact) mass is 305 g/mol. The van der Waals surface area contributed by atoms with Crippen LogP contribution in [0.1, 0.15) is 13.3 Å². The molecule has 0 fully saturated rings. The van der Waals surface area contributed by atoms with Gasteiger partial charge in [-0.05, 0) is 18.4 Å². The van der Waals surface area contributed by atoms with Gasteiger partial charge in [-0.15, -0.1) is 0 Å². The van der Waals surface area contributed by atoms with Crippen LogP contribution < -0.4 is 10.6 Å². The van der Waals surface area contributed by atoms with Crippen LogP contribution in [0.25, 0.3) is 0 Å². The zero-order chi connectivity index (χ0) is 15.7. The van der Waals surface area contributed by atoms with Crippen LogP contribution in [-0.2, 0) is 9.59 Å². The summed E-state index contributed by atoms with van der Waals surface area (Å²) in [7, 11) is 3.06. The SMILES string of the molecule is CNC(=O)C(C)CN(C)C(=O)N[C@@H](CCSC)C(=O)O. The van der Waals surface area contributed by atoms with Crippen molar-refractivity contribution in [3.63, 3.8) is 0 Å². The summed E-state index contributed by atoms with van der Waals surface area (Å²) in [6, 6.07) is -1.40. The summed E-state index contributed by atoms with van der Waals surface area (Å²) >= 11 is 1.52. The number of hydrogen-bond acceptors (Lipinski definition) is 4. The van der Waals surface area contributed by atoms with Crippen LogP contribution in [0.4, 0.5) is 4.79 Å². The lowest BCUT2D eigenvalue weighted by atomic mass is 10.1. The fourth-order valence-electron chi connectivity index (χ4n) is 1.58. The van der Waals surface area contributed by atoms with Crippen LogP contribution >= 0.6 is 11.8 Å². The zero-order valence-electron chi connectivity index (χ0n) is 12.3. The minimum absolute atomic E-state index is 0.165. The van der Waals surface area contributed by atoms with E-state index in [9.17, 15) is 14.4 Å². The number of rotatable bonds is 8. The molecular formula is C12H23N3O4S. The lowest BCUT2D eigenvalue weighted by Crippen LogP contribution is -2.48. The lowest BCUT2D eigenvalue weighted by molar-refractivity contribution is -0.139. The number of nitrogens with one attached hydrogen (secondary N) is 2. The summed E-state index contributed by atoms with van der Waals surface area (Å²) < 4.78 is 0. The number of aliphatic carboxylic acids is 1. The van der Waals surface area contributed by atoms with Crippen LogP contribution in [0, 0.1) is 5.92 Å². The molecule has 0 aliphatic heterocycles. The Kier molecular flexibility index (Phi) is 8.78.